The summed E-state index contributed by atoms with van der Waals surface area (Å²) < 4.78 is 2.21. The molecule has 0 amide bonds. The number of aromatic nitrogens is 2. The number of carboxylic acid groups (broad SMARTS) is 1. The molecule has 2 heterocycles. The highest BCUT2D eigenvalue weighted by Crippen LogP contribution is 2.36. The highest BCUT2D eigenvalue weighted by molar-refractivity contribution is 6.46. The van der Waals surface area contributed by atoms with Crippen molar-refractivity contribution in [3.05, 3.63) is 43.9 Å². The minimum atomic E-state index is -1.56. The van der Waals surface area contributed by atoms with E-state index < -0.39 is 11.7 Å². The number of halogens is 3. The molecule has 0 aromatic carbocycles. The lowest BCUT2D eigenvalue weighted by Crippen LogP contribution is -2.24. The molecule has 0 bridgehead atoms. The lowest BCUT2D eigenvalue weighted by atomic mass is 10.2. The summed E-state index contributed by atoms with van der Waals surface area (Å²) in [5, 5.41) is 14.7. The molecule has 6 nitrogen and oxygen atoms in total. The summed E-state index contributed by atoms with van der Waals surface area (Å²) in [6.45, 7) is 9.25. The largest absolute Gasteiger partial charge is 0.543 e. The van der Waals surface area contributed by atoms with E-state index in [2.05, 4.69) is 33.9 Å². The number of aromatic carboxylic acids is 1. The van der Waals surface area contributed by atoms with Crippen molar-refractivity contribution in [3.8, 4) is 0 Å². The van der Waals surface area contributed by atoms with Crippen molar-refractivity contribution in [2.45, 2.75) is 34.2 Å². The first-order valence-corrected chi connectivity index (χ1v) is 8.98. The second-order valence-electron chi connectivity index (χ2n) is 6.24. The van der Waals surface area contributed by atoms with Gasteiger partial charge in [0.05, 0.1) is 22.9 Å². The molecule has 0 saturated heterocycles. The first-order chi connectivity index (χ1) is 12.1. The van der Waals surface area contributed by atoms with Gasteiger partial charge < -0.3 is 14.5 Å². The van der Waals surface area contributed by atoms with Gasteiger partial charge in [-0.1, -0.05) is 48.7 Å². The average Bonchev–Trinajstić information content (AvgIpc) is 2.81. The number of hydrazone groups is 1. The maximum atomic E-state index is 11.1. The van der Waals surface area contributed by atoms with Crippen LogP contribution in [0.1, 0.15) is 41.3 Å². The molecule has 2 rings (SSSR count). The van der Waals surface area contributed by atoms with Crippen LogP contribution in [0.2, 0.25) is 15.2 Å². The topological polar surface area (TPSA) is 82.3 Å². The van der Waals surface area contributed by atoms with Gasteiger partial charge in [-0.3, -0.25) is 5.43 Å². The van der Waals surface area contributed by atoms with Gasteiger partial charge in [-0.15, -0.1) is 0 Å². The summed E-state index contributed by atoms with van der Waals surface area (Å²) in [6, 6.07) is 2.01. The minimum absolute atomic E-state index is 0.0240. The van der Waals surface area contributed by atoms with Gasteiger partial charge in [-0.2, -0.15) is 5.10 Å². The number of carbonyl (C=O) groups excluding carboxylic acids is 1. The summed E-state index contributed by atoms with van der Waals surface area (Å²) >= 11 is 17.9. The van der Waals surface area contributed by atoms with Gasteiger partial charge in [0, 0.05) is 23.5 Å². The van der Waals surface area contributed by atoms with Crippen LogP contribution in [0.4, 0.5) is 5.69 Å². The number of pyridine rings is 1. The third kappa shape index (κ3) is 4.31. The van der Waals surface area contributed by atoms with E-state index in [0.29, 0.717) is 5.92 Å². The van der Waals surface area contributed by atoms with Crippen molar-refractivity contribution in [1.29, 1.82) is 0 Å². The summed E-state index contributed by atoms with van der Waals surface area (Å²) in [5.41, 5.74) is 5.31. The first kappa shape index (κ1) is 20.6. The quantitative estimate of drug-likeness (QED) is 0.439. The van der Waals surface area contributed by atoms with Crippen molar-refractivity contribution in [1.82, 2.24) is 9.55 Å². The number of carboxylic acids is 1. The van der Waals surface area contributed by atoms with Crippen molar-refractivity contribution < 1.29 is 9.90 Å². The van der Waals surface area contributed by atoms with E-state index in [-0.39, 0.29) is 20.9 Å². The van der Waals surface area contributed by atoms with Crippen LogP contribution in [0.25, 0.3) is 0 Å². The fourth-order valence-corrected chi connectivity index (χ4v) is 3.18. The zero-order chi connectivity index (χ0) is 19.6. The Morgan fingerprint density at radius 3 is 2.58 bits per heavy atom. The Morgan fingerprint density at radius 2 is 2.00 bits per heavy atom. The van der Waals surface area contributed by atoms with E-state index in [4.69, 9.17) is 34.8 Å². The Bertz CT molecular complexity index is 876. The molecule has 0 aliphatic rings. The number of aryl methyl sites for hydroxylation is 1. The number of nitrogens with one attached hydrogen (secondary N) is 1. The third-order valence-corrected chi connectivity index (χ3v) is 4.88. The fraction of sp³-hybridized carbons (Fsp3) is 0.353. The van der Waals surface area contributed by atoms with Gasteiger partial charge in [0.2, 0.25) is 0 Å². The zero-order valence-corrected chi connectivity index (χ0v) is 17.0. The molecule has 0 aliphatic heterocycles. The molecule has 2 aromatic rings. The molecule has 0 fully saturated rings. The maximum absolute atomic E-state index is 11.1. The Morgan fingerprint density at radius 1 is 1.35 bits per heavy atom. The summed E-state index contributed by atoms with van der Waals surface area (Å²) in [4.78, 5) is 14.7. The van der Waals surface area contributed by atoms with Gasteiger partial charge in [0.15, 0.2) is 5.15 Å². The van der Waals surface area contributed by atoms with Gasteiger partial charge in [0.1, 0.15) is 10.7 Å². The van der Waals surface area contributed by atoms with Crippen LogP contribution in [0, 0.1) is 19.8 Å². The van der Waals surface area contributed by atoms with Crippen molar-refractivity contribution in [3.63, 3.8) is 0 Å². The van der Waals surface area contributed by atoms with Crippen LogP contribution in [0.3, 0.4) is 0 Å². The number of nitrogens with zero attached hydrogens (tertiary/aromatic N) is 3. The standard InChI is InChI=1S/C17H19Cl3N4O2/c1-8(2)7-24-9(3)5-11(10(24)4)6-21-23-14-12(18)15(17(25)26)22-16(20)13(14)19/h5-6,8H,7H2,1-4H3,(H,22,23)(H,25,26)/p-1/b21-6-. The normalized spacial score (nSPS) is 11.5. The maximum Gasteiger partial charge on any atom is 0.150 e. The second kappa shape index (κ2) is 8.29. The summed E-state index contributed by atoms with van der Waals surface area (Å²) in [6.07, 6.45) is 1.61. The van der Waals surface area contributed by atoms with Crippen LogP contribution in [0.5, 0.6) is 0 Å². The van der Waals surface area contributed by atoms with Crippen LogP contribution < -0.4 is 10.5 Å². The van der Waals surface area contributed by atoms with E-state index in [9.17, 15) is 9.90 Å². The van der Waals surface area contributed by atoms with Gasteiger partial charge >= 0.3 is 0 Å². The molecule has 2 aromatic heterocycles. The Labute approximate surface area is 166 Å². The zero-order valence-electron chi connectivity index (χ0n) is 14.7. The SMILES string of the molecule is Cc1cc(/C=N\Nc2c(Cl)c(Cl)nc(C(=O)[O-])c2Cl)c(C)n1CC(C)C. The van der Waals surface area contributed by atoms with E-state index in [1.165, 1.54) is 0 Å². The smallest absolute Gasteiger partial charge is 0.150 e. The number of carbonyl (C=O) groups is 1. The van der Waals surface area contributed by atoms with Gasteiger partial charge in [0.25, 0.3) is 0 Å². The highest BCUT2D eigenvalue weighted by Gasteiger charge is 2.17. The molecule has 0 spiro atoms. The molecular weight excluding hydrogens is 399 g/mol. The van der Waals surface area contributed by atoms with Crippen molar-refractivity contribution >= 4 is 52.7 Å². The molecule has 9 heteroatoms. The predicted molar refractivity (Wildman–Crippen MR) is 104 cm³/mol. The highest BCUT2D eigenvalue weighted by atomic mass is 35.5. The second-order valence-corrected chi connectivity index (χ2v) is 7.36. The Hall–Kier alpha value is -1.76. The number of hydrogen-bond acceptors (Lipinski definition) is 5. The van der Waals surface area contributed by atoms with E-state index in [1.807, 2.05) is 19.9 Å². The first-order valence-electron chi connectivity index (χ1n) is 7.85. The van der Waals surface area contributed by atoms with E-state index in [0.717, 1.165) is 23.5 Å². The molecule has 0 saturated carbocycles. The van der Waals surface area contributed by atoms with Crippen molar-refractivity contribution in [2.24, 2.45) is 11.0 Å². The minimum Gasteiger partial charge on any atom is -0.543 e. The predicted octanol–water partition coefficient (Wildman–Crippen LogP) is 3.93. The molecule has 26 heavy (non-hydrogen) atoms. The average molecular weight is 417 g/mol. The number of rotatable bonds is 6. The van der Waals surface area contributed by atoms with Crippen LogP contribution >= 0.6 is 34.8 Å². The van der Waals surface area contributed by atoms with Crippen LogP contribution in [-0.2, 0) is 6.54 Å². The summed E-state index contributed by atoms with van der Waals surface area (Å²) in [7, 11) is 0. The van der Waals surface area contributed by atoms with Crippen LogP contribution in [-0.4, -0.2) is 21.7 Å². The molecule has 140 valence electrons. The lowest BCUT2D eigenvalue weighted by molar-refractivity contribution is -0.255. The number of anilines is 1. The van der Waals surface area contributed by atoms with E-state index >= 15 is 0 Å². The Kier molecular flexibility index (Phi) is 6.55. The molecule has 0 atom stereocenters. The van der Waals surface area contributed by atoms with Gasteiger partial charge in [-0.05, 0) is 25.8 Å². The number of hydrogen-bond donors (Lipinski definition) is 1. The van der Waals surface area contributed by atoms with Crippen LogP contribution in [0.15, 0.2) is 11.2 Å². The molecular formula is C17H18Cl3N4O2-. The third-order valence-electron chi connectivity index (χ3n) is 3.77. The molecule has 1 N–H and O–H groups in total. The molecule has 0 radical (unpaired) electrons. The Balaban J connectivity index is 2.31. The molecule has 0 unspecified atom stereocenters. The fourth-order valence-electron chi connectivity index (χ4n) is 2.52. The van der Waals surface area contributed by atoms with Crippen molar-refractivity contribution in [2.75, 3.05) is 5.43 Å². The lowest BCUT2D eigenvalue weighted by Gasteiger charge is -2.12. The van der Waals surface area contributed by atoms with Gasteiger partial charge in [-0.25, -0.2) is 4.98 Å². The monoisotopic (exact) mass is 415 g/mol. The molecule has 0 aliphatic carbocycles. The van der Waals surface area contributed by atoms with E-state index in [1.54, 1.807) is 6.21 Å². The summed E-state index contributed by atoms with van der Waals surface area (Å²) in [5.74, 6) is -1.04.